The van der Waals surface area contributed by atoms with E-state index in [9.17, 15) is 4.39 Å². The zero-order valence-electron chi connectivity index (χ0n) is 13.8. The Morgan fingerprint density at radius 3 is 2.80 bits per heavy atom. The van der Waals surface area contributed by atoms with Crippen LogP contribution in [0.15, 0.2) is 60.9 Å². The van der Waals surface area contributed by atoms with Crippen molar-refractivity contribution in [1.29, 1.82) is 0 Å². The van der Waals surface area contributed by atoms with E-state index in [0.717, 1.165) is 25.2 Å². The Balaban J connectivity index is 1.55. The van der Waals surface area contributed by atoms with Gasteiger partial charge in [-0.05, 0) is 30.5 Å². The summed E-state index contributed by atoms with van der Waals surface area (Å²) in [6.45, 7) is 1.32. The lowest BCUT2D eigenvalue weighted by molar-refractivity contribution is 0.613. The number of hydrogen-bond donors (Lipinski definition) is 1. The molecule has 0 aliphatic carbocycles. The number of para-hydroxylation sites is 1. The van der Waals surface area contributed by atoms with Crippen LogP contribution in [-0.4, -0.2) is 16.5 Å². The summed E-state index contributed by atoms with van der Waals surface area (Å²) < 4.78 is 13.7. The highest BCUT2D eigenvalue weighted by Crippen LogP contribution is 2.32. The number of nitrogens with zero attached hydrogens (tertiary/aromatic N) is 3. The number of halogens is 1. The number of aromatic nitrogens is 2. The number of nitrogens with one attached hydrogen (secondary N) is 1. The molecule has 126 valence electrons. The molecule has 3 aromatic rings. The molecule has 0 atom stereocenters. The van der Waals surface area contributed by atoms with Crippen LogP contribution in [0.5, 0.6) is 0 Å². The van der Waals surface area contributed by atoms with Crippen LogP contribution in [0.25, 0.3) is 0 Å². The first-order chi connectivity index (χ1) is 12.3. The summed E-state index contributed by atoms with van der Waals surface area (Å²) >= 11 is 0. The highest BCUT2D eigenvalue weighted by atomic mass is 19.1. The molecule has 1 N–H and O–H groups in total. The quantitative estimate of drug-likeness (QED) is 0.772. The fourth-order valence-electron chi connectivity index (χ4n) is 3.19. The van der Waals surface area contributed by atoms with Crippen molar-refractivity contribution in [2.75, 3.05) is 16.8 Å². The van der Waals surface area contributed by atoms with Crippen molar-refractivity contribution >= 4 is 17.3 Å². The zero-order chi connectivity index (χ0) is 17.1. The molecule has 2 aromatic carbocycles. The smallest absolute Gasteiger partial charge is 0.138 e. The van der Waals surface area contributed by atoms with Gasteiger partial charge in [0, 0.05) is 30.4 Å². The molecule has 25 heavy (non-hydrogen) atoms. The number of anilines is 3. The Labute approximate surface area is 146 Å². The second kappa shape index (κ2) is 6.89. The molecule has 0 radical (unpaired) electrons. The molecule has 4 rings (SSSR count). The van der Waals surface area contributed by atoms with Crippen molar-refractivity contribution in [2.45, 2.75) is 19.4 Å². The summed E-state index contributed by atoms with van der Waals surface area (Å²) in [4.78, 5) is 10.9. The largest absolute Gasteiger partial charge is 0.366 e. The highest BCUT2D eigenvalue weighted by molar-refractivity contribution is 5.66. The number of fused-ring (bicyclic) bond motifs is 1. The van der Waals surface area contributed by atoms with E-state index in [0.29, 0.717) is 17.9 Å². The molecule has 0 saturated carbocycles. The second-order valence-corrected chi connectivity index (χ2v) is 6.09. The molecular weight excluding hydrogens is 315 g/mol. The van der Waals surface area contributed by atoms with E-state index in [1.165, 1.54) is 17.3 Å². The molecule has 1 aliphatic heterocycles. The van der Waals surface area contributed by atoms with E-state index >= 15 is 0 Å². The third-order valence-corrected chi connectivity index (χ3v) is 4.46. The molecule has 5 heteroatoms. The van der Waals surface area contributed by atoms with Crippen LogP contribution in [0.4, 0.5) is 21.7 Å². The summed E-state index contributed by atoms with van der Waals surface area (Å²) in [5.41, 5.74) is 3.16. The third kappa shape index (κ3) is 3.31. The number of aryl methyl sites for hydroxylation is 1. The lowest BCUT2D eigenvalue weighted by atomic mass is 10.0. The van der Waals surface area contributed by atoms with E-state index in [4.69, 9.17) is 0 Å². The SMILES string of the molecule is Fc1ccccc1CNc1cc(N2CCCc3ccccc32)ncn1. The van der Waals surface area contributed by atoms with Gasteiger partial charge in [0.15, 0.2) is 0 Å². The maximum atomic E-state index is 13.7. The molecule has 1 aromatic heterocycles. The predicted molar refractivity (Wildman–Crippen MR) is 97.5 cm³/mol. The van der Waals surface area contributed by atoms with Crippen LogP contribution in [0, 0.1) is 5.82 Å². The molecule has 4 nitrogen and oxygen atoms in total. The van der Waals surface area contributed by atoms with Gasteiger partial charge in [0.05, 0.1) is 0 Å². The van der Waals surface area contributed by atoms with E-state index < -0.39 is 0 Å². The minimum absolute atomic E-state index is 0.214. The topological polar surface area (TPSA) is 41.0 Å². The fraction of sp³-hybridized carbons (Fsp3) is 0.200. The van der Waals surface area contributed by atoms with Gasteiger partial charge in [0.1, 0.15) is 23.8 Å². The molecule has 2 heterocycles. The lowest BCUT2D eigenvalue weighted by Crippen LogP contribution is -2.25. The standard InChI is InChI=1S/C20H19FN4/c21-17-9-3-1-7-16(17)13-22-19-12-20(24-14-23-19)25-11-5-8-15-6-2-4-10-18(15)25/h1-4,6-7,9-10,12,14H,5,8,11,13H2,(H,22,23,24). The van der Waals surface area contributed by atoms with Gasteiger partial charge < -0.3 is 10.2 Å². The summed E-state index contributed by atoms with van der Waals surface area (Å²) in [5.74, 6) is 1.34. The average molecular weight is 334 g/mol. The summed E-state index contributed by atoms with van der Waals surface area (Å²) in [6, 6.07) is 17.1. The Kier molecular flexibility index (Phi) is 4.29. The third-order valence-electron chi connectivity index (χ3n) is 4.46. The summed E-state index contributed by atoms with van der Waals surface area (Å²) in [7, 11) is 0. The number of hydrogen-bond acceptors (Lipinski definition) is 4. The van der Waals surface area contributed by atoms with Crippen molar-refractivity contribution in [3.8, 4) is 0 Å². The maximum absolute atomic E-state index is 13.7. The average Bonchev–Trinajstić information content (AvgIpc) is 2.67. The summed E-state index contributed by atoms with van der Waals surface area (Å²) in [5, 5.41) is 3.19. The highest BCUT2D eigenvalue weighted by Gasteiger charge is 2.19. The molecular formula is C20H19FN4. The van der Waals surface area contributed by atoms with Crippen molar-refractivity contribution in [1.82, 2.24) is 9.97 Å². The monoisotopic (exact) mass is 334 g/mol. The van der Waals surface area contributed by atoms with E-state index in [-0.39, 0.29) is 5.82 Å². The van der Waals surface area contributed by atoms with Crippen molar-refractivity contribution < 1.29 is 4.39 Å². The van der Waals surface area contributed by atoms with Gasteiger partial charge in [-0.2, -0.15) is 0 Å². The first-order valence-electron chi connectivity index (χ1n) is 8.46. The first kappa shape index (κ1) is 15.6. The summed E-state index contributed by atoms with van der Waals surface area (Å²) in [6.07, 6.45) is 3.74. The van der Waals surface area contributed by atoms with Gasteiger partial charge in [-0.25, -0.2) is 14.4 Å². The Morgan fingerprint density at radius 2 is 1.88 bits per heavy atom. The molecule has 0 amide bonds. The minimum Gasteiger partial charge on any atom is -0.366 e. The predicted octanol–water partition coefficient (Wildman–Crippen LogP) is 4.31. The van der Waals surface area contributed by atoms with Crippen LogP contribution in [-0.2, 0) is 13.0 Å². The minimum atomic E-state index is -0.214. The molecule has 0 saturated heterocycles. The van der Waals surface area contributed by atoms with Crippen LogP contribution < -0.4 is 10.2 Å². The van der Waals surface area contributed by atoms with Gasteiger partial charge >= 0.3 is 0 Å². The fourth-order valence-corrected chi connectivity index (χ4v) is 3.19. The maximum Gasteiger partial charge on any atom is 0.138 e. The first-order valence-corrected chi connectivity index (χ1v) is 8.46. The van der Waals surface area contributed by atoms with Gasteiger partial charge in [0.2, 0.25) is 0 Å². The second-order valence-electron chi connectivity index (χ2n) is 6.09. The Morgan fingerprint density at radius 1 is 1.04 bits per heavy atom. The number of benzene rings is 2. The van der Waals surface area contributed by atoms with Gasteiger partial charge in [-0.3, -0.25) is 0 Å². The van der Waals surface area contributed by atoms with Gasteiger partial charge in [-0.1, -0.05) is 36.4 Å². The van der Waals surface area contributed by atoms with Crippen LogP contribution >= 0.6 is 0 Å². The van der Waals surface area contributed by atoms with Gasteiger partial charge in [-0.15, -0.1) is 0 Å². The Hall–Kier alpha value is -2.95. The molecule has 0 spiro atoms. The van der Waals surface area contributed by atoms with Crippen molar-refractivity contribution in [2.24, 2.45) is 0 Å². The van der Waals surface area contributed by atoms with E-state index in [1.54, 1.807) is 18.5 Å². The number of rotatable bonds is 4. The molecule has 1 aliphatic rings. The molecule has 0 unspecified atom stereocenters. The van der Waals surface area contributed by atoms with Crippen LogP contribution in [0.3, 0.4) is 0 Å². The van der Waals surface area contributed by atoms with Crippen LogP contribution in [0.2, 0.25) is 0 Å². The van der Waals surface area contributed by atoms with E-state index in [1.807, 2.05) is 12.1 Å². The Bertz CT molecular complexity index is 881. The van der Waals surface area contributed by atoms with Crippen molar-refractivity contribution in [3.63, 3.8) is 0 Å². The lowest BCUT2D eigenvalue weighted by Gasteiger charge is -2.30. The van der Waals surface area contributed by atoms with E-state index in [2.05, 4.69) is 44.5 Å². The molecule has 0 fully saturated rings. The zero-order valence-corrected chi connectivity index (χ0v) is 13.8. The van der Waals surface area contributed by atoms with Crippen molar-refractivity contribution in [3.05, 3.63) is 77.9 Å². The normalized spacial score (nSPS) is 13.4. The van der Waals surface area contributed by atoms with Gasteiger partial charge in [0.25, 0.3) is 0 Å². The van der Waals surface area contributed by atoms with Crippen LogP contribution in [0.1, 0.15) is 17.5 Å². The molecule has 0 bridgehead atoms.